The van der Waals surface area contributed by atoms with E-state index < -0.39 is 110 Å². The molecule has 2 atom stereocenters. The zero-order valence-corrected chi connectivity index (χ0v) is 22.5. The molecule has 0 radical (unpaired) electrons. The third-order valence-corrected chi connectivity index (χ3v) is 10.2. The molecule has 9 nitrogen and oxygen atoms in total. The van der Waals surface area contributed by atoms with Gasteiger partial charge < -0.3 is 10.2 Å². The number of rotatable bonds is 7. The molecule has 43 heavy (non-hydrogen) atoms. The van der Waals surface area contributed by atoms with E-state index in [0.717, 1.165) is 6.20 Å². The number of alkyl halides is 8. The van der Waals surface area contributed by atoms with Crippen LogP contribution in [0.15, 0.2) is 35.5 Å². The van der Waals surface area contributed by atoms with E-state index in [2.05, 4.69) is 10.4 Å². The van der Waals surface area contributed by atoms with Gasteiger partial charge in [0.2, 0.25) is 11.8 Å². The van der Waals surface area contributed by atoms with Gasteiger partial charge in [0.05, 0.1) is 28.0 Å². The number of nitrogens with zero attached hydrogens (tertiary/aromatic N) is 4. The van der Waals surface area contributed by atoms with E-state index in [1.165, 1.54) is 0 Å². The molecule has 3 fully saturated rings. The van der Waals surface area contributed by atoms with Gasteiger partial charge in [-0.25, -0.2) is 13.1 Å². The van der Waals surface area contributed by atoms with Gasteiger partial charge in [0.1, 0.15) is 17.0 Å². The third-order valence-electron chi connectivity index (χ3n) is 8.02. The highest BCUT2D eigenvalue weighted by molar-refractivity contribution is 7.92. The van der Waals surface area contributed by atoms with Crippen molar-refractivity contribution in [2.75, 3.05) is 6.54 Å². The molecule has 1 aromatic carbocycles. The van der Waals surface area contributed by atoms with E-state index in [-0.39, 0.29) is 17.5 Å². The first-order valence-electron chi connectivity index (χ1n) is 12.7. The third kappa shape index (κ3) is 5.31. The van der Waals surface area contributed by atoms with Crippen molar-refractivity contribution in [3.05, 3.63) is 36.2 Å². The summed E-state index contributed by atoms with van der Waals surface area (Å²) in [5, 5.41) is 13.3. The number of sulfone groups is 1. The number of carbonyl (C=O) groups is 2. The smallest absolute Gasteiger partial charge is 0.336 e. The predicted octanol–water partition coefficient (Wildman–Crippen LogP) is 4.22. The van der Waals surface area contributed by atoms with Crippen LogP contribution in [0.3, 0.4) is 0 Å². The Kier molecular flexibility index (Phi) is 7.06. The molecule has 0 spiro atoms. The molecular weight excluding hydrogens is 618 g/mol. The molecule has 0 unspecified atom stereocenters. The summed E-state index contributed by atoms with van der Waals surface area (Å²) < 4.78 is 136. The zero-order valence-electron chi connectivity index (χ0n) is 21.7. The maximum atomic E-state index is 13.9. The van der Waals surface area contributed by atoms with Crippen molar-refractivity contribution in [2.24, 2.45) is 5.41 Å². The first-order valence-corrected chi connectivity index (χ1v) is 14.3. The molecule has 2 aromatic rings. The minimum atomic E-state index is -5.00. The first kappa shape index (κ1) is 30.7. The maximum Gasteiger partial charge on any atom is 0.416 e. The molecule has 1 saturated heterocycles. The minimum absolute atomic E-state index is 0.0808. The maximum absolute atomic E-state index is 13.9. The number of aromatic nitrogens is 2. The number of benzene rings is 1. The number of halogens is 8. The van der Waals surface area contributed by atoms with Gasteiger partial charge in [-0.3, -0.25) is 9.59 Å². The normalized spacial score (nSPS) is 22.7. The predicted molar refractivity (Wildman–Crippen MR) is 128 cm³/mol. The van der Waals surface area contributed by atoms with Crippen molar-refractivity contribution in [1.82, 2.24) is 20.0 Å². The average Bonchev–Trinajstić information content (AvgIpc) is 3.79. The molecule has 3 aliphatic rings. The van der Waals surface area contributed by atoms with Crippen molar-refractivity contribution < 1.29 is 53.1 Å². The number of amides is 2. The quantitative estimate of drug-likeness (QED) is 0.453. The number of likely N-dealkylation sites (tertiary alicyclic amines) is 1. The monoisotopic (exact) mass is 639 g/mol. The van der Waals surface area contributed by atoms with E-state index in [1.54, 1.807) is 0 Å². The van der Waals surface area contributed by atoms with Crippen molar-refractivity contribution in [3.63, 3.8) is 0 Å². The molecule has 2 aliphatic carbocycles. The Bertz CT molecular complexity index is 1620. The summed E-state index contributed by atoms with van der Waals surface area (Å²) in [7, 11) is -4.83. The summed E-state index contributed by atoms with van der Waals surface area (Å²) >= 11 is 0. The Hall–Kier alpha value is -3.75. The second-order valence-corrected chi connectivity index (χ2v) is 13.0. The van der Waals surface area contributed by atoms with Crippen LogP contribution in [-0.2, 0) is 25.6 Å². The molecule has 2 heterocycles. The Balaban J connectivity index is 1.55. The molecule has 5 rings (SSSR count). The fraction of sp³-hybridized carbons (Fsp3) is 0.520. The molecule has 1 N–H and O–H groups in total. The SMILES string of the molecule is N#CC1(NC(=O)[C@@H]2C[C@@H](S(=O)(=O)c3ccc(C(F)(F)F)cc3-c3cnn(C(F)F)c3)CN2C(=O)C2(C(F)(F)F)CC2)CC1. The molecular formula is C25H21F8N5O4S. The van der Waals surface area contributed by atoms with Crippen LogP contribution in [0.4, 0.5) is 35.1 Å². The van der Waals surface area contributed by atoms with Crippen LogP contribution in [0, 0.1) is 16.7 Å². The van der Waals surface area contributed by atoms with Crippen LogP contribution >= 0.6 is 0 Å². The second kappa shape index (κ2) is 9.89. The lowest BCUT2D eigenvalue weighted by Gasteiger charge is -2.29. The van der Waals surface area contributed by atoms with Gasteiger partial charge in [0.25, 0.3) is 0 Å². The largest absolute Gasteiger partial charge is 0.416 e. The van der Waals surface area contributed by atoms with Crippen LogP contribution in [0.25, 0.3) is 11.1 Å². The number of nitrogens with one attached hydrogen (secondary N) is 1. The number of hydrogen-bond donors (Lipinski definition) is 1. The van der Waals surface area contributed by atoms with Gasteiger partial charge in [-0.1, -0.05) is 0 Å². The van der Waals surface area contributed by atoms with Gasteiger partial charge in [-0.15, -0.1) is 0 Å². The topological polar surface area (TPSA) is 125 Å². The Morgan fingerprint density at radius 1 is 1.09 bits per heavy atom. The highest BCUT2D eigenvalue weighted by atomic mass is 32.2. The Labute approximate surface area is 238 Å². The van der Waals surface area contributed by atoms with Gasteiger partial charge in [-0.2, -0.15) is 45.5 Å². The highest BCUT2D eigenvalue weighted by Crippen LogP contribution is 2.59. The van der Waals surface area contributed by atoms with Crippen molar-refractivity contribution in [3.8, 4) is 17.2 Å². The molecule has 2 amide bonds. The van der Waals surface area contributed by atoms with E-state index in [1.807, 2.05) is 6.07 Å². The molecule has 1 aromatic heterocycles. The molecule has 2 saturated carbocycles. The molecule has 18 heteroatoms. The molecule has 0 bridgehead atoms. The van der Waals surface area contributed by atoms with Crippen molar-refractivity contribution in [2.45, 2.75) is 72.7 Å². The van der Waals surface area contributed by atoms with Gasteiger partial charge in [-0.05, 0) is 50.3 Å². The summed E-state index contributed by atoms with van der Waals surface area (Å²) in [6, 6.07) is 1.54. The summed E-state index contributed by atoms with van der Waals surface area (Å²) in [4.78, 5) is 26.1. The van der Waals surface area contributed by atoms with Crippen LogP contribution in [0.2, 0.25) is 0 Å². The fourth-order valence-electron chi connectivity index (χ4n) is 5.17. The lowest BCUT2D eigenvalue weighted by atomic mass is 10.0. The van der Waals surface area contributed by atoms with Crippen molar-refractivity contribution >= 4 is 21.7 Å². The lowest BCUT2D eigenvalue weighted by Crippen LogP contribution is -2.53. The summed E-state index contributed by atoms with van der Waals surface area (Å²) in [6.45, 7) is -4.12. The van der Waals surface area contributed by atoms with Crippen LogP contribution < -0.4 is 5.32 Å². The van der Waals surface area contributed by atoms with Gasteiger partial charge >= 0.3 is 18.9 Å². The highest BCUT2D eigenvalue weighted by Gasteiger charge is 2.70. The molecule has 232 valence electrons. The summed E-state index contributed by atoms with van der Waals surface area (Å²) in [5.41, 5.74) is -6.54. The van der Waals surface area contributed by atoms with Crippen LogP contribution in [0.5, 0.6) is 0 Å². The lowest BCUT2D eigenvalue weighted by molar-refractivity contribution is -0.199. The first-order chi connectivity index (χ1) is 19.8. The standard InChI is InChI=1S/C25H21F8N5O4S/c26-21(27)38-10-13(9-35-38)16-7-14(24(28,29)30)1-2-18(16)43(41,42)15-8-17(19(39)36-22(12-34)3-4-22)37(11-15)20(40)23(5-6-23)25(31,32)33/h1-2,7,9-10,15,17,21H,3-6,8,11H2,(H,36,39)/t15-,17+/m1/s1. The number of carbonyl (C=O) groups excluding carboxylic acids is 2. The van der Waals surface area contributed by atoms with E-state index in [4.69, 9.17) is 0 Å². The van der Waals surface area contributed by atoms with Gasteiger partial charge in [0.15, 0.2) is 9.84 Å². The van der Waals surface area contributed by atoms with E-state index >= 15 is 0 Å². The average molecular weight is 640 g/mol. The number of nitriles is 1. The Morgan fingerprint density at radius 2 is 1.74 bits per heavy atom. The summed E-state index contributed by atoms with van der Waals surface area (Å²) in [6.07, 6.45) is -10.1. The van der Waals surface area contributed by atoms with E-state index in [0.29, 0.717) is 29.3 Å². The Morgan fingerprint density at radius 3 is 2.23 bits per heavy atom. The second-order valence-electron chi connectivity index (χ2n) is 10.8. The van der Waals surface area contributed by atoms with Crippen LogP contribution in [-0.4, -0.2) is 64.5 Å². The minimum Gasteiger partial charge on any atom is -0.336 e. The number of hydrogen-bond acceptors (Lipinski definition) is 6. The summed E-state index contributed by atoms with van der Waals surface area (Å²) in [5.74, 6) is -2.57. The zero-order chi connectivity index (χ0) is 31.8. The van der Waals surface area contributed by atoms with E-state index in [9.17, 15) is 58.4 Å². The molecule has 1 aliphatic heterocycles. The van der Waals surface area contributed by atoms with Crippen LogP contribution in [0.1, 0.15) is 44.2 Å². The van der Waals surface area contributed by atoms with Crippen molar-refractivity contribution in [1.29, 1.82) is 5.26 Å². The van der Waals surface area contributed by atoms with Gasteiger partial charge in [0, 0.05) is 23.9 Å². The fourth-order valence-corrected chi connectivity index (χ4v) is 7.06.